The number of hydrogen-bond acceptors (Lipinski definition) is 3. The first kappa shape index (κ1) is 13.1. The number of aliphatic hydroxyl groups is 1. The summed E-state index contributed by atoms with van der Waals surface area (Å²) in [6.45, 7) is 1.45. The molecule has 0 radical (unpaired) electrons. The fraction of sp³-hybridized carbons (Fsp3) is 0.833. The van der Waals surface area contributed by atoms with Gasteiger partial charge in [0.2, 0.25) is 0 Å². The van der Waals surface area contributed by atoms with E-state index in [0.717, 1.165) is 19.3 Å². The largest absolute Gasteiger partial charge is 0.481 e. The second-order valence-electron chi connectivity index (χ2n) is 5.08. The molecule has 102 valence electrons. The first-order valence-corrected chi connectivity index (χ1v) is 6.52. The maximum atomic E-state index is 12.3. The Morgan fingerprint density at radius 1 is 1.17 bits per heavy atom. The molecular formula is C12H20N2O4. The monoisotopic (exact) mass is 256 g/mol. The molecule has 2 saturated heterocycles. The van der Waals surface area contributed by atoms with Crippen LogP contribution in [0, 0.1) is 5.92 Å². The van der Waals surface area contributed by atoms with Crippen molar-refractivity contribution in [1.29, 1.82) is 0 Å². The third-order valence-corrected chi connectivity index (χ3v) is 3.89. The predicted molar refractivity (Wildman–Crippen MR) is 64.1 cm³/mol. The molecule has 6 heteroatoms. The maximum absolute atomic E-state index is 12.3. The summed E-state index contributed by atoms with van der Waals surface area (Å²) in [5, 5.41) is 18.2. The Morgan fingerprint density at radius 2 is 1.94 bits per heavy atom. The van der Waals surface area contributed by atoms with Gasteiger partial charge in [-0.1, -0.05) is 0 Å². The lowest BCUT2D eigenvalue weighted by Gasteiger charge is -2.37. The van der Waals surface area contributed by atoms with Crippen molar-refractivity contribution in [2.24, 2.45) is 5.92 Å². The highest BCUT2D eigenvalue weighted by molar-refractivity contribution is 5.77. The van der Waals surface area contributed by atoms with Crippen LogP contribution in [0.5, 0.6) is 0 Å². The van der Waals surface area contributed by atoms with Crippen LogP contribution in [0.2, 0.25) is 0 Å². The van der Waals surface area contributed by atoms with Crippen molar-refractivity contribution in [3.8, 4) is 0 Å². The number of rotatable bonds is 2. The molecule has 2 heterocycles. The van der Waals surface area contributed by atoms with Gasteiger partial charge in [0.15, 0.2) is 0 Å². The number of hydrogen-bond donors (Lipinski definition) is 2. The molecule has 2 aliphatic rings. The molecule has 18 heavy (non-hydrogen) atoms. The van der Waals surface area contributed by atoms with Gasteiger partial charge in [-0.05, 0) is 25.7 Å². The highest BCUT2D eigenvalue weighted by Gasteiger charge is 2.35. The van der Waals surface area contributed by atoms with Gasteiger partial charge >= 0.3 is 12.0 Å². The lowest BCUT2D eigenvalue weighted by atomic mass is 10.0. The average Bonchev–Trinajstić information content (AvgIpc) is 2.87. The minimum absolute atomic E-state index is 0.0120. The van der Waals surface area contributed by atoms with Crippen molar-refractivity contribution in [1.82, 2.24) is 9.80 Å². The Hall–Kier alpha value is -1.30. The number of carboxylic acid groups (broad SMARTS) is 1. The zero-order chi connectivity index (χ0) is 13.1. The van der Waals surface area contributed by atoms with Gasteiger partial charge in [-0.2, -0.15) is 0 Å². The van der Waals surface area contributed by atoms with Crippen LogP contribution in [0.15, 0.2) is 0 Å². The summed E-state index contributed by atoms with van der Waals surface area (Å²) < 4.78 is 0. The van der Waals surface area contributed by atoms with E-state index < -0.39 is 11.9 Å². The second kappa shape index (κ2) is 5.56. The Balaban J connectivity index is 1.96. The molecule has 0 aromatic carbocycles. The molecule has 2 fully saturated rings. The Labute approximate surface area is 106 Å². The van der Waals surface area contributed by atoms with Crippen molar-refractivity contribution in [3.63, 3.8) is 0 Å². The standard InChI is InChI=1S/C12H20N2O4/c15-8-10-3-1-2-5-14(10)12(18)13-6-4-9(7-13)11(16)17/h9-10,15H,1-8H2,(H,16,17). The Morgan fingerprint density at radius 3 is 2.56 bits per heavy atom. The number of likely N-dealkylation sites (tertiary alicyclic amines) is 2. The summed E-state index contributed by atoms with van der Waals surface area (Å²) >= 11 is 0. The Kier molecular flexibility index (Phi) is 4.06. The molecule has 2 amide bonds. The highest BCUT2D eigenvalue weighted by atomic mass is 16.4. The number of nitrogens with zero attached hydrogens (tertiary/aromatic N) is 2. The number of amides is 2. The van der Waals surface area contributed by atoms with Crippen molar-refractivity contribution in [2.45, 2.75) is 31.7 Å². The summed E-state index contributed by atoms with van der Waals surface area (Å²) in [7, 11) is 0. The van der Waals surface area contributed by atoms with Crippen LogP contribution in [-0.4, -0.2) is 64.3 Å². The van der Waals surface area contributed by atoms with Crippen molar-refractivity contribution in [2.75, 3.05) is 26.2 Å². The van der Waals surface area contributed by atoms with E-state index in [1.807, 2.05) is 0 Å². The van der Waals surface area contributed by atoms with Crippen LogP contribution < -0.4 is 0 Å². The third-order valence-electron chi connectivity index (χ3n) is 3.89. The number of piperidine rings is 1. The van der Waals surface area contributed by atoms with Gasteiger partial charge in [-0.15, -0.1) is 0 Å². The van der Waals surface area contributed by atoms with Gasteiger partial charge in [0.1, 0.15) is 0 Å². The molecule has 2 unspecified atom stereocenters. The van der Waals surface area contributed by atoms with E-state index in [9.17, 15) is 14.7 Å². The van der Waals surface area contributed by atoms with Gasteiger partial charge in [0.25, 0.3) is 0 Å². The number of aliphatic carboxylic acids is 1. The van der Waals surface area contributed by atoms with Gasteiger partial charge in [0.05, 0.1) is 18.6 Å². The average molecular weight is 256 g/mol. The predicted octanol–water partition coefficient (Wildman–Crippen LogP) is 0.360. The summed E-state index contributed by atoms with van der Waals surface area (Å²) in [5.74, 6) is -1.27. The van der Waals surface area contributed by atoms with E-state index in [4.69, 9.17) is 5.11 Å². The van der Waals surface area contributed by atoms with Gasteiger partial charge in [-0.25, -0.2) is 4.79 Å². The fourth-order valence-electron chi connectivity index (χ4n) is 2.76. The van der Waals surface area contributed by atoms with Crippen LogP contribution >= 0.6 is 0 Å². The molecule has 0 saturated carbocycles. The van der Waals surface area contributed by atoms with E-state index >= 15 is 0 Å². The number of carbonyl (C=O) groups excluding carboxylic acids is 1. The van der Waals surface area contributed by atoms with Gasteiger partial charge in [0, 0.05) is 19.6 Å². The van der Waals surface area contributed by atoms with E-state index in [2.05, 4.69) is 0 Å². The number of carboxylic acids is 1. The van der Waals surface area contributed by atoms with E-state index in [-0.39, 0.29) is 18.7 Å². The third kappa shape index (κ3) is 2.58. The number of urea groups is 1. The molecule has 0 spiro atoms. The Bertz CT molecular complexity index is 334. The van der Waals surface area contributed by atoms with Crippen LogP contribution in [0.4, 0.5) is 4.79 Å². The smallest absolute Gasteiger partial charge is 0.320 e. The van der Waals surface area contributed by atoms with Crippen LogP contribution in [0.3, 0.4) is 0 Å². The lowest BCUT2D eigenvalue weighted by molar-refractivity contribution is -0.141. The maximum Gasteiger partial charge on any atom is 0.320 e. The quantitative estimate of drug-likeness (QED) is 0.747. The second-order valence-corrected chi connectivity index (χ2v) is 5.08. The number of carbonyl (C=O) groups is 2. The van der Waals surface area contributed by atoms with Crippen LogP contribution in [0.25, 0.3) is 0 Å². The topological polar surface area (TPSA) is 81.1 Å². The van der Waals surface area contributed by atoms with Crippen molar-refractivity contribution in [3.05, 3.63) is 0 Å². The minimum atomic E-state index is -0.831. The fourth-order valence-corrected chi connectivity index (χ4v) is 2.76. The molecular weight excluding hydrogens is 236 g/mol. The summed E-state index contributed by atoms with van der Waals surface area (Å²) in [5.41, 5.74) is 0. The van der Waals surface area contributed by atoms with E-state index in [0.29, 0.717) is 26.1 Å². The molecule has 0 aromatic heterocycles. The SMILES string of the molecule is O=C(O)C1CCN(C(=O)N2CCCCC2CO)C1. The van der Waals surface area contributed by atoms with E-state index in [1.54, 1.807) is 9.80 Å². The molecule has 2 N–H and O–H groups in total. The summed E-state index contributed by atoms with van der Waals surface area (Å²) in [6, 6.07) is -0.215. The zero-order valence-corrected chi connectivity index (χ0v) is 10.4. The molecule has 6 nitrogen and oxygen atoms in total. The first-order chi connectivity index (χ1) is 8.63. The molecule has 0 aliphatic carbocycles. The van der Waals surface area contributed by atoms with Crippen LogP contribution in [-0.2, 0) is 4.79 Å². The molecule has 0 aromatic rings. The number of aliphatic hydroxyl groups excluding tert-OH is 1. The minimum Gasteiger partial charge on any atom is -0.481 e. The normalized spacial score (nSPS) is 28.5. The highest BCUT2D eigenvalue weighted by Crippen LogP contribution is 2.22. The molecule has 2 atom stereocenters. The van der Waals surface area contributed by atoms with E-state index in [1.165, 1.54) is 0 Å². The van der Waals surface area contributed by atoms with Crippen LogP contribution in [0.1, 0.15) is 25.7 Å². The van der Waals surface area contributed by atoms with Gasteiger partial charge in [-0.3, -0.25) is 4.79 Å². The molecule has 0 bridgehead atoms. The first-order valence-electron chi connectivity index (χ1n) is 6.52. The lowest BCUT2D eigenvalue weighted by Crippen LogP contribution is -2.51. The summed E-state index contributed by atoms with van der Waals surface area (Å²) in [6.07, 6.45) is 3.35. The van der Waals surface area contributed by atoms with Crippen molar-refractivity contribution < 1.29 is 19.8 Å². The van der Waals surface area contributed by atoms with Gasteiger partial charge < -0.3 is 20.0 Å². The molecule has 2 aliphatic heterocycles. The zero-order valence-electron chi connectivity index (χ0n) is 10.4. The molecule has 2 rings (SSSR count). The summed E-state index contributed by atoms with van der Waals surface area (Å²) in [4.78, 5) is 26.5. The van der Waals surface area contributed by atoms with Crippen molar-refractivity contribution >= 4 is 12.0 Å².